The van der Waals surface area contributed by atoms with Crippen molar-refractivity contribution in [3.8, 4) is 17.0 Å². The molecule has 2 aromatic rings. The van der Waals surface area contributed by atoms with Crippen molar-refractivity contribution in [2.45, 2.75) is 26.4 Å². The van der Waals surface area contributed by atoms with Gasteiger partial charge in [-0.2, -0.15) is 0 Å². The van der Waals surface area contributed by atoms with E-state index >= 15 is 0 Å². The van der Waals surface area contributed by atoms with E-state index in [1.807, 2.05) is 0 Å². The second-order valence-electron chi connectivity index (χ2n) is 5.83. The monoisotopic (exact) mass is 447 g/mol. The molecule has 0 amide bonds. The summed E-state index contributed by atoms with van der Waals surface area (Å²) in [7, 11) is 1.39. The van der Waals surface area contributed by atoms with E-state index in [4.69, 9.17) is 9.47 Å². The highest BCUT2D eigenvalue weighted by Crippen LogP contribution is 2.37. The van der Waals surface area contributed by atoms with Crippen LogP contribution in [0, 0.1) is 5.82 Å². The maximum absolute atomic E-state index is 14.7. The van der Waals surface area contributed by atoms with Gasteiger partial charge in [-0.25, -0.2) is 9.18 Å². The predicted molar refractivity (Wildman–Crippen MR) is 93.4 cm³/mol. The first-order valence-electron chi connectivity index (χ1n) is 6.77. The molecular weight excluding hydrogens is 433 g/mol. The number of halogens is 3. The zero-order valence-electron chi connectivity index (χ0n) is 13.1. The average Bonchev–Trinajstić information content (AvgIpc) is 2.79. The predicted octanol–water partition coefficient (Wildman–Crippen LogP) is 5.61. The van der Waals surface area contributed by atoms with E-state index in [2.05, 4.69) is 31.9 Å². The fraction of sp³-hybridized carbons (Fsp3) is 0.312. The average molecular weight is 449 g/mol. The molecule has 0 saturated heterocycles. The molecule has 0 aliphatic carbocycles. The highest BCUT2D eigenvalue weighted by atomic mass is 79.9. The van der Waals surface area contributed by atoms with E-state index in [0.717, 1.165) is 0 Å². The van der Waals surface area contributed by atoms with Gasteiger partial charge in [0.2, 0.25) is 0 Å². The van der Waals surface area contributed by atoms with Crippen molar-refractivity contribution in [1.29, 1.82) is 0 Å². The number of benzene rings is 1. The highest BCUT2D eigenvalue weighted by molar-refractivity contribution is 9.10. The molecule has 0 fully saturated rings. The van der Waals surface area contributed by atoms with Crippen LogP contribution in [0.25, 0.3) is 11.3 Å². The van der Waals surface area contributed by atoms with Crippen molar-refractivity contribution in [2.75, 3.05) is 7.11 Å². The normalized spacial score (nSPS) is 11.4. The fourth-order valence-electron chi connectivity index (χ4n) is 2.01. The Balaban J connectivity index is 2.60. The van der Waals surface area contributed by atoms with Crippen molar-refractivity contribution in [3.63, 3.8) is 0 Å². The number of ether oxygens (including phenoxy) is 2. The molecule has 1 aromatic carbocycles. The summed E-state index contributed by atoms with van der Waals surface area (Å²) in [6.45, 7) is 5.31. The van der Waals surface area contributed by atoms with Crippen LogP contribution in [0.5, 0.6) is 5.75 Å². The van der Waals surface area contributed by atoms with E-state index in [-0.39, 0.29) is 11.3 Å². The van der Waals surface area contributed by atoms with E-state index in [1.54, 1.807) is 32.9 Å². The van der Waals surface area contributed by atoms with Gasteiger partial charge in [-0.05, 0) is 70.8 Å². The Morgan fingerprint density at radius 3 is 2.48 bits per heavy atom. The third kappa shape index (κ3) is 3.95. The smallest absolute Gasteiger partial charge is 0.419 e. The molecule has 0 bridgehead atoms. The number of hydrogen-bond donors (Lipinski definition) is 0. The zero-order valence-corrected chi connectivity index (χ0v) is 16.3. The summed E-state index contributed by atoms with van der Waals surface area (Å²) in [5, 5.41) is 0. The van der Waals surface area contributed by atoms with Gasteiger partial charge in [0, 0.05) is 15.1 Å². The molecule has 124 valence electrons. The van der Waals surface area contributed by atoms with E-state index in [0.29, 0.717) is 14.6 Å². The molecule has 7 heteroatoms. The summed E-state index contributed by atoms with van der Waals surface area (Å²) in [6, 6.07) is 4.82. The van der Waals surface area contributed by atoms with E-state index < -0.39 is 17.5 Å². The van der Waals surface area contributed by atoms with Crippen LogP contribution in [-0.4, -0.2) is 23.4 Å². The summed E-state index contributed by atoms with van der Waals surface area (Å²) >= 11 is 6.64. The standard InChI is InChI=1S/C16H16Br2FNO3/c1-16(2,3)23-15(21)20-8-9(17)7-11(20)13-10(18)5-6-12(22-4)14(13)19/h5-8H,1-4H3. The highest BCUT2D eigenvalue weighted by Gasteiger charge is 2.24. The molecule has 2 rings (SSSR count). The van der Waals surface area contributed by atoms with Crippen LogP contribution < -0.4 is 4.74 Å². The number of methoxy groups -OCH3 is 1. The van der Waals surface area contributed by atoms with Crippen LogP contribution in [0.1, 0.15) is 20.8 Å². The van der Waals surface area contributed by atoms with Crippen molar-refractivity contribution < 1.29 is 18.7 Å². The Morgan fingerprint density at radius 1 is 1.26 bits per heavy atom. The second kappa shape index (κ2) is 6.65. The Morgan fingerprint density at radius 2 is 1.91 bits per heavy atom. The van der Waals surface area contributed by atoms with Gasteiger partial charge in [0.1, 0.15) is 5.60 Å². The second-order valence-corrected chi connectivity index (χ2v) is 7.60. The van der Waals surface area contributed by atoms with Gasteiger partial charge in [-0.15, -0.1) is 0 Å². The van der Waals surface area contributed by atoms with Gasteiger partial charge >= 0.3 is 6.09 Å². The number of carbonyl (C=O) groups is 1. The Labute approximate surface area is 150 Å². The summed E-state index contributed by atoms with van der Waals surface area (Å²) in [4.78, 5) is 12.4. The zero-order chi connectivity index (χ0) is 17.4. The van der Waals surface area contributed by atoms with Gasteiger partial charge in [0.25, 0.3) is 0 Å². The molecule has 4 nitrogen and oxygen atoms in total. The first-order chi connectivity index (χ1) is 10.6. The molecule has 0 atom stereocenters. The number of carbonyl (C=O) groups excluding carboxylic acids is 1. The molecule has 0 unspecified atom stereocenters. The van der Waals surface area contributed by atoms with Gasteiger partial charge in [0.05, 0.1) is 18.4 Å². The van der Waals surface area contributed by atoms with Crippen molar-refractivity contribution in [1.82, 2.24) is 4.57 Å². The van der Waals surface area contributed by atoms with Gasteiger partial charge in [-0.1, -0.05) is 0 Å². The third-order valence-electron chi connectivity index (χ3n) is 2.91. The number of hydrogen-bond acceptors (Lipinski definition) is 3. The van der Waals surface area contributed by atoms with Gasteiger partial charge < -0.3 is 9.47 Å². The van der Waals surface area contributed by atoms with E-state index in [9.17, 15) is 9.18 Å². The van der Waals surface area contributed by atoms with Crippen LogP contribution in [-0.2, 0) is 4.74 Å². The molecule has 1 heterocycles. The molecule has 0 aliphatic heterocycles. The van der Waals surface area contributed by atoms with Crippen molar-refractivity contribution in [2.24, 2.45) is 0 Å². The molecule has 0 saturated carbocycles. The van der Waals surface area contributed by atoms with Crippen LogP contribution in [0.15, 0.2) is 33.3 Å². The number of nitrogens with zero attached hydrogens (tertiary/aromatic N) is 1. The lowest BCUT2D eigenvalue weighted by Crippen LogP contribution is -2.27. The summed E-state index contributed by atoms with van der Waals surface area (Å²) in [6.07, 6.45) is 0.946. The topological polar surface area (TPSA) is 40.5 Å². The molecule has 1 aromatic heterocycles. The summed E-state index contributed by atoms with van der Waals surface area (Å²) in [5.74, 6) is -0.464. The lowest BCUT2D eigenvalue weighted by molar-refractivity contribution is 0.0540. The van der Waals surface area contributed by atoms with Gasteiger partial charge in [-0.3, -0.25) is 4.57 Å². The van der Waals surface area contributed by atoms with Crippen LogP contribution in [0.4, 0.5) is 9.18 Å². The lowest BCUT2D eigenvalue weighted by atomic mass is 10.1. The minimum absolute atomic E-state index is 0.0938. The largest absolute Gasteiger partial charge is 0.494 e. The van der Waals surface area contributed by atoms with Crippen LogP contribution in [0.3, 0.4) is 0 Å². The number of aromatic nitrogens is 1. The summed E-state index contributed by atoms with van der Waals surface area (Å²) < 4.78 is 27.5. The molecule has 23 heavy (non-hydrogen) atoms. The first-order valence-corrected chi connectivity index (χ1v) is 8.36. The Kier molecular flexibility index (Phi) is 5.20. The minimum Gasteiger partial charge on any atom is -0.494 e. The SMILES string of the molecule is COc1ccc(Br)c(-c2cc(Br)cn2C(=O)OC(C)(C)C)c1F. The summed E-state index contributed by atoms with van der Waals surface area (Å²) in [5.41, 5.74) is -0.0785. The molecule has 0 spiro atoms. The van der Waals surface area contributed by atoms with Gasteiger partial charge in [0.15, 0.2) is 11.6 Å². The fourth-order valence-corrected chi connectivity index (χ4v) is 2.94. The lowest BCUT2D eigenvalue weighted by Gasteiger charge is -2.20. The quantitative estimate of drug-likeness (QED) is 0.599. The first kappa shape index (κ1) is 18.0. The Hall–Kier alpha value is -1.34. The van der Waals surface area contributed by atoms with Crippen molar-refractivity contribution in [3.05, 3.63) is 39.2 Å². The maximum atomic E-state index is 14.7. The van der Waals surface area contributed by atoms with E-state index in [1.165, 1.54) is 23.9 Å². The van der Waals surface area contributed by atoms with Crippen LogP contribution in [0.2, 0.25) is 0 Å². The Bertz CT molecular complexity index is 751. The van der Waals surface area contributed by atoms with Crippen molar-refractivity contribution >= 4 is 38.0 Å². The molecule has 0 radical (unpaired) electrons. The number of rotatable bonds is 2. The molecule has 0 aliphatic rings. The maximum Gasteiger partial charge on any atom is 0.419 e. The third-order valence-corrected chi connectivity index (χ3v) is 4.00. The molecular formula is C16H16Br2FNO3. The van der Waals surface area contributed by atoms with Crippen LogP contribution >= 0.6 is 31.9 Å². The molecule has 0 N–H and O–H groups in total. The minimum atomic E-state index is -0.657.